The quantitative estimate of drug-likeness (QED) is 0.194. The largest absolute Gasteiger partial charge is 0.491 e. The molecule has 2 unspecified atom stereocenters. The van der Waals surface area contributed by atoms with E-state index in [1.54, 1.807) is 12.1 Å². The second kappa shape index (κ2) is 14.9. The number of aliphatic hydroxyl groups excluding tert-OH is 2. The van der Waals surface area contributed by atoms with Crippen molar-refractivity contribution in [3.8, 4) is 11.5 Å². The van der Waals surface area contributed by atoms with Crippen molar-refractivity contribution < 1.29 is 24.5 Å². The number of nitrogens with two attached hydrogens (primary N) is 1. The maximum Gasteiger partial charge on any atom is 0.248 e. The monoisotopic (exact) mass is 493 g/mol. The van der Waals surface area contributed by atoms with Crippen molar-refractivity contribution in [3.05, 3.63) is 96.1 Å². The molecule has 192 valence electrons. The number of carbonyl (C=O) groups is 1. The number of hydrogen-bond donors (Lipinski definition) is 5. The molecule has 0 aliphatic heterocycles. The Labute approximate surface area is 212 Å². The molecule has 0 aliphatic rings. The van der Waals surface area contributed by atoms with E-state index < -0.39 is 18.1 Å². The highest BCUT2D eigenvalue weighted by Gasteiger charge is 2.14. The van der Waals surface area contributed by atoms with Crippen molar-refractivity contribution in [3.63, 3.8) is 0 Å². The van der Waals surface area contributed by atoms with Gasteiger partial charge in [-0.05, 0) is 54.8 Å². The lowest BCUT2D eigenvalue weighted by atomic mass is 10.1. The van der Waals surface area contributed by atoms with Crippen LogP contribution in [0, 0.1) is 0 Å². The molecule has 0 radical (unpaired) electrons. The zero-order chi connectivity index (χ0) is 25.6. The lowest BCUT2D eigenvalue weighted by Crippen LogP contribution is -2.49. The fourth-order valence-corrected chi connectivity index (χ4v) is 3.52. The van der Waals surface area contributed by atoms with Gasteiger partial charge in [0.1, 0.15) is 36.9 Å². The van der Waals surface area contributed by atoms with E-state index in [0.717, 1.165) is 12.0 Å². The Bertz CT molecular complexity index is 965. The van der Waals surface area contributed by atoms with Gasteiger partial charge in [0.15, 0.2) is 0 Å². The molecule has 2 atom stereocenters. The normalized spacial score (nSPS) is 13.5. The number of benzene rings is 3. The third kappa shape index (κ3) is 10.1. The molecule has 0 aromatic heterocycles. The molecule has 36 heavy (non-hydrogen) atoms. The van der Waals surface area contributed by atoms with Crippen LogP contribution in [0.2, 0.25) is 0 Å². The van der Waals surface area contributed by atoms with Crippen molar-refractivity contribution in [2.24, 2.45) is 5.73 Å². The minimum Gasteiger partial charge on any atom is -0.491 e. The van der Waals surface area contributed by atoms with Gasteiger partial charge in [0.2, 0.25) is 5.91 Å². The van der Waals surface area contributed by atoms with Crippen molar-refractivity contribution in [2.75, 3.05) is 26.3 Å². The fraction of sp³-hybridized carbons (Fsp3) is 0.321. The molecule has 3 aromatic carbocycles. The molecule has 6 N–H and O–H groups in total. The van der Waals surface area contributed by atoms with Gasteiger partial charge in [-0.3, -0.25) is 15.4 Å². The van der Waals surface area contributed by atoms with E-state index in [4.69, 9.17) is 15.2 Å². The molecular weight excluding hydrogens is 458 g/mol. The van der Waals surface area contributed by atoms with Gasteiger partial charge < -0.3 is 25.4 Å². The minimum atomic E-state index is -0.712. The molecule has 0 heterocycles. The Morgan fingerprint density at radius 3 is 1.67 bits per heavy atom. The molecule has 0 aliphatic carbocycles. The molecule has 3 aromatic rings. The second-order valence-electron chi connectivity index (χ2n) is 8.52. The summed E-state index contributed by atoms with van der Waals surface area (Å²) in [7, 11) is 0. The number of ether oxygens (including phenoxy) is 2. The molecule has 0 spiro atoms. The summed E-state index contributed by atoms with van der Waals surface area (Å²) in [5, 5.41) is 27.4. The van der Waals surface area contributed by atoms with Crippen LogP contribution in [-0.4, -0.2) is 60.8 Å². The smallest absolute Gasteiger partial charge is 0.248 e. The molecule has 0 saturated carbocycles. The van der Waals surface area contributed by atoms with Crippen LogP contribution in [0.3, 0.4) is 0 Å². The van der Waals surface area contributed by atoms with Gasteiger partial charge in [-0.25, -0.2) is 0 Å². The first kappa shape index (κ1) is 27.2. The van der Waals surface area contributed by atoms with Crippen molar-refractivity contribution in [2.45, 2.75) is 31.2 Å². The van der Waals surface area contributed by atoms with Gasteiger partial charge >= 0.3 is 0 Å². The minimum absolute atomic E-state index is 0.159. The third-order valence-corrected chi connectivity index (χ3v) is 5.53. The number of rotatable bonds is 16. The summed E-state index contributed by atoms with van der Waals surface area (Å²) < 4.78 is 11.3. The van der Waals surface area contributed by atoms with Crippen molar-refractivity contribution in [1.82, 2.24) is 10.6 Å². The van der Waals surface area contributed by atoms with E-state index in [-0.39, 0.29) is 19.4 Å². The number of primary amides is 1. The van der Waals surface area contributed by atoms with E-state index in [9.17, 15) is 15.0 Å². The number of aryl methyl sites for hydroxylation is 1. The highest BCUT2D eigenvalue weighted by Crippen LogP contribution is 2.10. The first-order chi connectivity index (χ1) is 17.5. The van der Waals surface area contributed by atoms with E-state index in [1.165, 1.54) is 0 Å². The molecule has 8 heteroatoms. The van der Waals surface area contributed by atoms with Crippen molar-refractivity contribution in [1.29, 1.82) is 0 Å². The van der Waals surface area contributed by atoms with Crippen LogP contribution in [0.1, 0.15) is 22.3 Å². The zero-order valence-corrected chi connectivity index (χ0v) is 20.3. The van der Waals surface area contributed by atoms with E-state index in [1.807, 2.05) is 72.8 Å². The molecule has 0 saturated heterocycles. The van der Waals surface area contributed by atoms with Crippen molar-refractivity contribution >= 4 is 5.91 Å². The van der Waals surface area contributed by atoms with Gasteiger partial charge in [0.05, 0.1) is 6.17 Å². The Kier molecular flexibility index (Phi) is 11.2. The summed E-state index contributed by atoms with van der Waals surface area (Å²) >= 11 is 0. The van der Waals surface area contributed by atoms with Gasteiger partial charge in [-0.2, -0.15) is 0 Å². The van der Waals surface area contributed by atoms with Crippen LogP contribution in [0.4, 0.5) is 0 Å². The highest BCUT2D eigenvalue weighted by atomic mass is 16.5. The number of carbonyl (C=O) groups excluding carboxylic acids is 1. The molecule has 8 nitrogen and oxygen atoms in total. The Balaban J connectivity index is 1.48. The predicted molar refractivity (Wildman–Crippen MR) is 139 cm³/mol. The lowest BCUT2D eigenvalue weighted by Gasteiger charge is -2.24. The van der Waals surface area contributed by atoms with Crippen LogP contribution in [0.15, 0.2) is 84.9 Å². The summed E-state index contributed by atoms with van der Waals surface area (Å²) in [6.07, 6.45) is -0.198. The van der Waals surface area contributed by atoms with Crippen LogP contribution in [0.5, 0.6) is 11.5 Å². The SMILES string of the molecule is NC(=O)c1ccc(CCC(NCC(O)COc2ccccc2)NCC(O)COc2ccccc2)cc1. The third-order valence-electron chi connectivity index (χ3n) is 5.53. The molecular formula is C28H35N3O5. The Hall–Kier alpha value is -3.43. The molecule has 1 amide bonds. The lowest BCUT2D eigenvalue weighted by molar-refractivity contribution is 0.0915. The number of nitrogens with one attached hydrogen (secondary N) is 2. The summed E-state index contributed by atoms with van der Waals surface area (Å²) in [5.74, 6) is 0.945. The van der Waals surface area contributed by atoms with Gasteiger partial charge in [0.25, 0.3) is 0 Å². The average molecular weight is 494 g/mol. The predicted octanol–water partition coefficient (Wildman–Crippen LogP) is 2.10. The summed E-state index contributed by atoms with van der Waals surface area (Å²) in [5.41, 5.74) is 6.84. The Morgan fingerprint density at radius 1 is 0.750 bits per heavy atom. The molecule has 3 rings (SSSR count). The van der Waals surface area contributed by atoms with Gasteiger partial charge in [0, 0.05) is 18.7 Å². The first-order valence-corrected chi connectivity index (χ1v) is 12.1. The zero-order valence-electron chi connectivity index (χ0n) is 20.3. The average Bonchev–Trinajstić information content (AvgIpc) is 2.91. The van der Waals surface area contributed by atoms with E-state index in [2.05, 4.69) is 10.6 Å². The van der Waals surface area contributed by atoms with E-state index in [0.29, 0.717) is 36.6 Å². The highest BCUT2D eigenvalue weighted by molar-refractivity contribution is 5.92. The number of hydrogen-bond acceptors (Lipinski definition) is 7. The first-order valence-electron chi connectivity index (χ1n) is 12.1. The molecule has 0 bridgehead atoms. The van der Waals surface area contributed by atoms with Crippen LogP contribution >= 0.6 is 0 Å². The number of para-hydroxylation sites is 2. The summed E-state index contributed by atoms with van der Waals surface area (Å²) in [6, 6.07) is 25.9. The van der Waals surface area contributed by atoms with Crippen LogP contribution in [0.25, 0.3) is 0 Å². The number of amides is 1. The van der Waals surface area contributed by atoms with Crippen LogP contribution in [-0.2, 0) is 6.42 Å². The van der Waals surface area contributed by atoms with Gasteiger partial charge in [-0.15, -0.1) is 0 Å². The summed E-state index contributed by atoms with van der Waals surface area (Å²) in [6.45, 7) is 0.932. The maximum absolute atomic E-state index is 11.3. The Morgan fingerprint density at radius 2 is 1.22 bits per heavy atom. The molecule has 0 fully saturated rings. The number of aliphatic hydroxyl groups is 2. The second-order valence-corrected chi connectivity index (χ2v) is 8.52. The standard InChI is InChI=1S/C28H35N3O5/c29-28(34)22-14-11-21(12-15-22)13-16-27(30-17-23(32)19-35-25-7-3-1-4-8-25)31-18-24(33)20-36-26-9-5-2-6-10-26/h1-12,14-15,23-24,27,30-33H,13,16-20H2,(H2,29,34). The fourth-order valence-electron chi connectivity index (χ4n) is 3.52. The van der Waals surface area contributed by atoms with Gasteiger partial charge in [-0.1, -0.05) is 48.5 Å². The van der Waals surface area contributed by atoms with E-state index >= 15 is 0 Å². The summed E-state index contributed by atoms with van der Waals surface area (Å²) in [4.78, 5) is 11.3. The van der Waals surface area contributed by atoms with Crippen LogP contribution < -0.4 is 25.8 Å². The topological polar surface area (TPSA) is 126 Å². The maximum atomic E-state index is 11.3.